The molecule has 4 aromatic rings. The second-order valence-corrected chi connectivity index (χ2v) is 9.32. The van der Waals surface area contributed by atoms with Crippen molar-refractivity contribution in [2.24, 2.45) is 0 Å². The Bertz CT molecular complexity index is 1380. The average molecular weight is 465 g/mol. The second-order valence-electron chi connectivity index (χ2n) is 8.42. The smallest absolute Gasteiger partial charge is 0.251 e. The maximum Gasteiger partial charge on any atom is 0.251 e. The largest absolute Gasteiger partial charge is 0.384 e. The Balaban J connectivity index is 1.58. The molecule has 0 unspecified atom stereocenters. The van der Waals surface area contributed by atoms with Crippen LogP contribution in [0, 0.1) is 0 Å². The van der Waals surface area contributed by atoms with Crippen LogP contribution in [0.2, 0.25) is 0 Å². The number of thiophene rings is 1. The number of aliphatic hydroxyl groups excluding tert-OH is 1. The van der Waals surface area contributed by atoms with Gasteiger partial charge in [-0.15, -0.1) is 11.3 Å². The number of likely N-dealkylation sites (tertiary alicyclic amines) is 1. The summed E-state index contributed by atoms with van der Waals surface area (Å²) < 4.78 is 1.51. The molecule has 0 aromatic carbocycles. The van der Waals surface area contributed by atoms with Gasteiger partial charge in [-0.1, -0.05) is 0 Å². The first-order chi connectivity index (χ1) is 15.8. The van der Waals surface area contributed by atoms with Crippen molar-refractivity contribution >= 4 is 44.7 Å². The van der Waals surface area contributed by atoms with Gasteiger partial charge in [-0.05, 0) is 44.2 Å². The Kier molecular flexibility index (Phi) is 5.34. The second kappa shape index (κ2) is 8.20. The summed E-state index contributed by atoms with van der Waals surface area (Å²) in [4.78, 5) is 36.8. The fraction of sp³-hybridized carbons (Fsp3) is 0.348. The highest BCUT2D eigenvalue weighted by Crippen LogP contribution is 2.35. The van der Waals surface area contributed by atoms with Crippen LogP contribution in [0.25, 0.3) is 27.0 Å². The lowest BCUT2D eigenvalue weighted by molar-refractivity contribution is -0.140. The van der Waals surface area contributed by atoms with E-state index in [9.17, 15) is 14.7 Å². The van der Waals surface area contributed by atoms with E-state index in [4.69, 9.17) is 10.7 Å². The molecule has 0 aliphatic carbocycles. The quantitative estimate of drug-likeness (QED) is 0.445. The number of hydrogen-bond acceptors (Lipinski definition) is 8. The number of fused-ring (bicyclic) bond motifs is 2. The minimum atomic E-state index is -1.03. The highest BCUT2D eigenvalue weighted by atomic mass is 32.1. The van der Waals surface area contributed by atoms with E-state index in [1.807, 2.05) is 17.5 Å². The van der Waals surface area contributed by atoms with Crippen LogP contribution in [0.15, 0.2) is 29.9 Å². The van der Waals surface area contributed by atoms with Gasteiger partial charge in [-0.25, -0.2) is 9.97 Å². The normalized spacial score (nSPS) is 15.9. The van der Waals surface area contributed by atoms with Crippen molar-refractivity contribution in [3.63, 3.8) is 0 Å². The number of ketones is 1. The minimum absolute atomic E-state index is 0.0329. The fourth-order valence-electron chi connectivity index (χ4n) is 4.54. The van der Waals surface area contributed by atoms with Crippen LogP contribution in [0.4, 0.5) is 5.82 Å². The lowest BCUT2D eigenvalue weighted by atomic mass is 9.89. The van der Waals surface area contributed by atoms with E-state index >= 15 is 0 Å². The van der Waals surface area contributed by atoms with Crippen LogP contribution >= 0.6 is 11.3 Å². The molecule has 1 amide bonds. The van der Waals surface area contributed by atoms with E-state index in [-0.39, 0.29) is 23.4 Å². The van der Waals surface area contributed by atoms with Gasteiger partial charge < -0.3 is 15.7 Å². The van der Waals surface area contributed by atoms with E-state index in [0.717, 1.165) is 21.3 Å². The predicted molar refractivity (Wildman–Crippen MR) is 126 cm³/mol. The Hall–Kier alpha value is -3.37. The van der Waals surface area contributed by atoms with E-state index in [1.54, 1.807) is 28.6 Å². The number of Topliss-reactive ketones (excluding diaryl/α,β-unsaturated/α-hetero) is 1. The molecule has 33 heavy (non-hydrogen) atoms. The number of pyridine rings is 1. The number of hydrogen-bond donors (Lipinski definition) is 2. The van der Waals surface area contributed by atoms with Crippen LogP contribution in [-0.4, -0.2) is 60.5 Å². The van der Waals surface area contributed by atoms with Gasteiger partial charge in [0.2, 0.25) is 0 Å². The molecule has 0 radical (unpaired) electrons. The summed E-state index contributed by atoms with van der Waals surface area (Å²) in [6, 6.07) is 4.07. The summed E-state index contributed by atoms with van der Waals surface area (Å²) in [5.41, 5.74) is 9.70. The number of amides is 1. The summed E-state index contributed by atoms with van der Waals surface area (Å²) in [5.74, 6) is -0.217. The minimum Gasteiger partial charge on any atom is -0.384 e. The first-order valence-corrected chi connectivity index (χ1v) is 11.7. The van der Waals surface area contributed by atoms with Crippen molar-refractivity contribution in [2.45, 2.75) is 38.7 Å². The van der Waals surface area contributed by atoms with E-state index in [2.05, 4.69) is 10.1 Å². The van der Waals surface area contributed by atoms with Crippen molar-refractivity contribution in [3.05, 3.63) is 41.2 Å². The Morgan fingerprint density at radius 3 is 2.73 bits per heavy atom. The van der Waals surface area contributed by atoms with Crippen LogP contribution in [-0.2, 0) is 4.79 Å². The van der Waals surface area contributed by atoms with Crippen molar-refractivity contribution < 1.29 is 14.7 Å². The molecule has 0 bridgehead atoms. The molecule has 5 rings (SSSR count). The van der Waals surface area contributed by atoms with Gasteiger partial charge in [0.15, 0.2) is 11.4 Å². The molecule has 1 saturated heterocycles. The zero-order valence-electron chi connectivity index (χ0n) is 18.4. The van der Waals surface area contributed by atoms with Crippen LogP contribution in [0.5, 0.6) is 0 Å². The molecule has 4 aromatic heterocycles. The third-order valence-electron chi connectivity index (χ3n) is 6.23. The number of nitrogens with two attached hydrogens (primary N) is 1. The summed E-state index contributed by atoms with van der Waals surface area (Å²) >= 11 is 1.58. The highest BCUT2D eigenvalue weighted by molar-refractivity contribution is 7.16. The number of rotatable bonds is 4. The summed E-state index contributed by atoms with van der Waals surface area (Å²) in [5, 5.41) is 17.1. The summed E-state index contributed by atoms with van der Waals surface area (Å²) in [6.07, 6.45) is 3.74. The lowest BCUT2D eigenvalue weighted by Gasteiger charge is -2.33. The van der Waals surface area contributed by atoms with Crippen LogP contribution in [0.3, 0.4) is 0 Å². The number of nitrogen functional groups attached to an aromatic ring is 1. The van der Waals surface area contributed by atoms with Gasteiger partial charge in [0, 0.05) is 41.7 Å². The standard InChI is InChI=1S/C23H24N6O3S/c1-12(30)18-19(14-3-6-28(7-4-14)23(32)13(2)31)27-21-17(11-26-29(21)20(18)24)16-9-15-5-8-33-22(15)25-10-16/h5,8-11,13-14,31H,3-4,6-7,24H2,1-2H3/t13-/m1/s1. The molecule has 0 saturated carbocycles. The van der Waals surface area contributed by atoms with Gasteiger partial charge in [-0.2, -0.15) is 9.61 Å². The maximum atomic E-state index is 12.6. The molecular formula is C23H24N6O3S. The molecule has 1 aliphatic heterocycles. The van der Waals surface area contributed by atoms with E-state index in [1.165, 1.54) is 18.4 Å². The predicted octanol–water partition coefficient (Wildman–Crippen LogP) is 2.88. The third-order valence-corrected chi connectivity index (χ3v) is 7.07. The number of nitrogens with zero attached hydrogens (tertiary/aromatic N) is 5. The number of piperidine rings is 1. The zero-order chi connectivity index (χ0) is 23.3. The van der Waals surface area contributed by atoms with Crippen molar-refractivity contribution in [3.8, 4) is 11.1 Å². The van der Waals surface area contributed by atoms with Crippen LogP contribution in [0.1, 0.15) is 48.7 Å². The van der Waals surface area contributed by atoms with Gasteiger partial charge in [-0.3, -0.25) is 9.59 Å². The number of carbonyl (C=O) groups is 2. The Morgan fingerprint density at radius 2 is 2.03 bits per heavy atom. The molecule has 5 heterocycles. The van der Waals surface area contributed by atoms with Crippen LogP contribution < -0.4 is 5.73 Å². The molecule has 0 spiro atoms. The Labute approximate surface area is 193 Å². The van der Waals surface area contributed by atoms with E-state index in [0.29, 0.717) is 42.8 Å². The van der Waals surface area contributed by atoms with Gasteiger partial charge >= 0.3 is 0 Å². The van der Waals surface area contributed by atoms with E-state index < -0.39 is 6.10 Å². The molecule has 1 atom stereocenters. The highest BCUT2D eigenvalue weighted by Gasteiger charge is 2.31. The van der Waals surface area contributed by atoms with Gasteiger partial charge in [0.25, 0.3) is 5.91 Å². The molecule has 170 valence electrons. The van der Waals surface area contributed by atoms with Crippen molar-refractivity contribution in [1.29, 1.82) is 0 Å². The number of anilines is 1. The van der Waals surface area contributed by atoms with Crippen molar-refractivity contribution in [1.82, 2.24) is 24.5 Å². The molecule has 3 N–H and O–H groups in total. The Morgan fingerprint density at radius 1 is 1.27 bits per heavy atom. The lowest BCUT2D eigenvalue weighted by Crippen LogP contribution is -2.42. The first-order valence-electron chi connectivity index (χ1n) is 10.8. The monoisotopic (exact) mass is 464 g/mol. The summed E-state index contributed by atoms with van der Waals surface area (Å²) in [6.45, 7) is 3.93. The molecule has 1 fully saturated rings. The molecule has 1 aliphatic rings. The maximum absolute atomic E-state index is 12.6. The molecule has 10 heteroatoms. The number of aliphatic hydroxyl groups is 1. The van der Waals surface area contributed by atoms with Crippen molar-refractivity contribution in [2.75, 3.05) is 18.8 Å². The first kappa shape index (κ1) is 21.5. The third kappa shape index (κ3) is 3.65. The number of carbonyl (C=O) groups excluding carboxylic acids is 2. The zero-order valence-corrected chi connectivity index (χ0v) is 19.2. The molecular weight excluding hydrogens is 440 g/mol. The fourth-order valence-corrected chi connectivity index (χ4v) is 5.26. The van der Waals surface area contributed by atoms with Gasteiger partial charge in [0.1, 0.15) is 16.8 Å². The molecule has 9 nitrogen and oxygen atoms in total. The SMILES string of the molecule is CC(=O)c1c(C2CCN(C(=O)[C@@H](C)O)CC2)nc2c(-c3cnc4sccc4c3)cnn2c1N. The summed E-state index contributed by atoms with van der Waals surface area (Å²) in [7, 11) is 0. The topological polar surface area (TPSA) is 127 Å². The van der Waals surface area contributed by atoms with Gasteiger partial charge in [0.05, 0.1) is 17.5 Å². The average Bonchev–Trinajstić information content (AvgIpc) is 3.44. The number of aromatic nitrogens is 4.